The number of anilines is 1. The largest absolute Gasteiger partial charge is 0.351 e. The molecule has 0 saturated heterocycles. The van der Waals surface area contributed by atoms with E-state index in [9.17, 15) is 9.59 Å². The van der Waals surface area contributed by atoms with Crippen molar-refractivity contribution in [2.75, 3.05) is 31.5 Å². The SMILES string of the molecule is CCNC(=O)C[NH+](CC)CC(=O)Nc1c(Cl)cc(Cl)cc1Cl. The van der Waals surface area contributed by atoms with Crippen LogP contribution < -0.4 is 15.5 Å². The number of halogens is 3. The average molecular weight is 368 g/mol. The van der Waals surface area contributed by atoms with Gasteiger partial charge in [-0.05, 0) is 26.0 Å². The molecule has 8 heteroatoms. The number of quaternary nitrogens is 1. The molecule has 0 heterocycles. The van der Waals surface area contributed by atoms with E-state index in [1.165, 1.54) is 12.1 Å². The van der Waals surface area contributed by atoms with Crippen molar-refractivity contribution in [1.82, 2.24) is 5.32 Å². The van der Waals surface area contributed by atoms with Crippen LogP contribution in [0.3, 0.4) is 0 Å². The number of amides is 2. The highest BCUT2D eigenvalue weighted by atomic mass is 35.5. The summed E-state index contributed by atoms with van der Waals surface area (Å²) in [7, 11) is 0. The number of carbonyl (C=O) groups is 2. The molecule has 0 saturated carbocycles. The summed E-state index contributed by atoms with van der Waals surface area (Å²) in [5.74, 6) is -0.359. The Labute approximate surface area is 144 Å². The van der Waals surface area contributed by atoms with Crippen LogP contribution in [0.5, 0.6) is 0 Å². The van der Waals surface area contributed by atoms with Crippen LogP contribution in [0.2, 0.25) is 15.1 Å². The molecule has 0 fully saturated rings. The molecule has 0 spiro atoms. The summed E-state index contributed by atoms with van der Waals surface area (Å²) in [5, 5.41) is 6.31. The van der Waals surface area contributed by atoms with Gasteiger partial charge in [0.05, 0.1) is 22.3 Å². The second-order valence-corrected chi connectivity index (χ2v) is 5.95. The molecule has 122 valence electrons. The van der Waals surface area contributed by atoms with E-state index in [2.05, 4.69) is 10.6 Å². The van der Waals surface area contributed by atoms with Gasteiger partial charge in [-0.1, -0.05) is 34.8 Å². The third-order valence-corrected chi connectivity index (χ3v) is 3.78. The Bertz CT molecular complexity index is 529. The molecule has 1 aromatic carbocycles. The minimum Gasteiger partial charge on any atom is -0.351 e. The van der Waals surface area contributed by atoms with Gasteiger partial charge in [0, 0.05) is 11.6 Å². The lowest BCUT2D eigenvalue weighted by atomic mass is 10.3. The van der Waals surface area contributed by atoms with Gasteiger partial charge in [0.15, 0.2) is 13.1 Å². The molecule has 22 heavy (non-hydrogen) atoms. The van der Waals surface area contributed by atoms with E-state index in [-0.39, 0.29) is 34.9 Å². The predicted molar refractivity (Wildman–Crippen MR) is 90.0 cm³/mol. The molecule has 1 atom stereocenters. The van der Waals surface area contributed by atoms with Crippen molar-refractivity contribution in [2.45, 2.75) is 13.8 Å². The monoisotopic (exact) mass is 366 g/mol. The molecule has 0 aromatic heterocycles. The Morgan fingerprint density at radius 3 is 2.09 bits per heavy atom. The molecule has 2 amide bonds. The van der Waals surface area contributed by atoms with E-state index in [1.807, 2.05) is 13.8 Å². The topological polar surface area (TPSA) is 62.6 Å². The fourth-order valence-corrected chi connectivity index (χ4v) is 2.78. The maximum absolute atomic E-state index is 12.1. The van der Waals surface area contributed by atoms with E-state index in [1.54, 1.807) is 0 Å². The maximum Gasteiger partial charge on any atom is 0.279 e. The zero-order valence-corrected chi connectivity index (χ0v) is 14.7. The molecule has 0 radical (unpaired) electrons. The van der Waals surface area contributed by atoms with Gasteiger partial charge in [0.1, 0.15) is 0 Å². The highest BCUT2D eigenvalue weighted by molar-refractivity contribution is 6.42. The van der Waals surface area contributed by atoms with Gasteiger partial charge in [0.25, 0.3) is 11.8 Å². The minimum absolute atomic E-state index is 0.0882. The van der Waals surface area contributed by atoms with Crippen LogP contribution in [0.4, 0.5) is 5.69 Å². The molecule has 3 N–H and O–H groups in total. The Morgan fingerprint density at radius 2 is 1.59 bits per heavy atom. The summed E-state index contributed by atoms with van der Waals surface area (Å²) in [6, 6.07) is 3.01. The van der Waals surface area contributed by atoms with Gasteiger partial charge in [-0.15, -0.1) is 0 Å². The Balaban J connectivity index is 2.67. The van der Waals surface area contributed by atoms with Crippen LogP contribution in [-0.2, 0) is 9.59 Å². The summed E-state index contributed by atoms with van der Waals surface area (Å²) in [6.07, 6.45) is 0. The van der Waals surface area contributed by atoms with Gasteiger partial charge in [-0.2, -0.15) is 0 Å². The van der Waals surface area contributed by atoms with Crippen LogP contribution in [-0.4, -0.2) is 38.0 Å². The zero-order valence-electron chi connectivity index (χ0n) is 12.4. The lowest BCUT2D eigenvalue weighted by Crippen LogP contribution is -3.14. The third kappa shape index (κ3) is 6.01. The van der Waals surface area contributed by atoms with Gasteiger partial charge in [0.2, 0.25) is 0 Å². The smallest absolute Gasteiger partial charge is 0.279 e. The number of benzene rings is 1. The summed E-state index contributed by atoms with van der Waals surface area (Å²) >= 11 is 17.9. The highest BCUT2D eigenvalue weighted by Crippen LogP contribution is 2.33. The molecular weight excluding hydrogens is 349 g/mol. The highest BCUT2D eigenvalue weighted by Gasteiger charge is 2.18. The van der Waals surface area contributed by atoms with Gasteiger partial charge < -0.3 is 15.5 Å². The van der Waals surface area contributed by atoms with Crippen LogP contribution in [0, 0.1) is 0 Å². The standard InChI is InChI=1S/C14H18Cl3N3O2/c1-3-18-12(21)7-20(4-2)8-13(22)19-14-10(16)5-9(15)6-11(14)17/h5-6H,3-4,7-8H2,1-2H3,(H,18,21)(H,19,22)/p+1. The van der Waals surface area contributed by atoms with Crippen molar-refractivity contribution < 1.29 is 14.5 Å². The molecule has 0 aliphatic rings. The van der Waals surface area contributed by atoms with Gasteiger partial charge >= 0.3 is 0 Å². The van der Waals surface area contributed by atoms with E-state index in [0.717, 1.165) is 4.90 Å². The fourth-order valence-electron chi connectivity index (χ4n) is 1.87. The molecule has 1 rings (SSSR count). The molecule has 5 nitrogen and oxygen atoms in total. The van der Waals surface area contributed by atoms with Crippen LogP contribution in [0.25, 0.3) is 0 Å². The molecule has 0 aliphatic carbocycles. The second-order valence-electron chi connectivity index (χ2n) is 4.70. The molecule has 0 aliphatic heterocycles. The maximum atomic E-state index is 12.1. The zero-order chi connectivity index (χ0) is 16.7. The summed E-state index contributed by atoms with van der Waals surface area (Å²) in [5.41, 5.74) is 0.325. The number of carbonyl (C=O) groups excluding carboxylic acids is 2. The predicted octanol–water partition coefficient (Wildman–Crippen LogP) is 1.63. The third-order valence-electron chi connectivity index (χ3n) is 2.97. The lowest BCUT2D eigenvalue weighted by Gasteiger charge is -2.17. The normalized spacial score (nSPS) is 11.9. The van der Waals surface area contributed by atoms with Crippen molar-refractivity contribution in [3.8, 4) is 0 Å². The summed E-state index contributed by atoms with van der Waals surface area (Å²) in [4.78, 5) is 24.5. The van der Waals surface area contributed by atoms with E-state index >= 15 is 0 Å². The first-order valence-corrected chi connectivity index (χ1v) is 8.05. The molecule has 1 unspecified atom stereocenters. The van der Waals surface area contributed by atoms with Crippen molar-refractivity contribution in [1.29, 1.82) is 0 Å². The lowest BCUT2D eigenvalue weighted by molar-refractivity contribution is -0.881. The number of likely N-dealkylation sites (N-methyl/N-ethyl adjacent to an activating group) is 2. The Hall–Kier alpha value is -1.01. The number of rotatable bonds is 7. The first-order chi connectivity index (χ1) is 10.4. The van der Waals surface area contributed by atoms with Crippen molar-refractivity contribution in [3.63, 3.8) is 0 Å². The van der Waals surface area contributed by atoms with Crippen LogP contribution in [0.15, 0.2) is 12.1 Å². The average Bonchev–Trinajstić information content (AvgIpc) is 2.42. The van der Waals surface area contributed by atoms with Crippen molar-refractivity contribution >= 4 is 52.3 Å². The van der Waals surface area contributed by atoms with Gasteiger partial charge in [-0.25, -0.2) is 0 Å². The molecule has 0 bridgehead atoms. The van der Waals surface area contributed by atoms with Crippen molar-refractivity contribution in [3.05, 3.63) is 27.2 Å². The van der Waals surface area contributed by atoms with E-state index in [0.29, 0.717) is 23.8 Å². The molecule has 1 aromatic rings. The quantitative estimate of drug-likeness (QED) is 0.686. The first kappa shape index (κ1) is 19.0. The Kier molecular flexibility index (Phi) is 7.96. The number of hydrogen-bond acceptors (Lipinski definition) is 2. The van der Waals surface area contributed by atoms with Crippen LogP contribution in [0.1, 0.15) is 13.8 Å². The second kappa shape index (κ2) is 9.20. The van der Waals surface area contributed by atoms with Crippen LogP contribution >= 0.6 is 34.8 Å². The summed E-state index contributed by atoms with van der Waals surface area (Å²) in [6.45, 7) is 5.35. The number of hydrogen-bond donors (Lipinski definition) is 3. The van der Waals surface area contributed by atoms with E-state index in [4.69, 9.17) is 34.8 Å². The van der Waals surface area contributed by atoms with E-state index < -0.39 is 0 Å². The fraction of sp³-hybridized carbons (Fsp3) is 0.429. The van der Waals surface area contributed by atoms with Gasteiger partial charge in [-0.3, -0.25) is 9.59 Å². The Morgan fingerprint density at radius 1 is 1.05 bits per heavy atom. The van der Waals surface area contributed by atoms with Crippen molar-refractivity contribution in [2.24, 2.45) is 0 Å². The first-order valence-electron chi connectivity index (χ1n) is 6.92. The summed E-state index contributed by atoms with van der Waals surface area (Å²) < 4.78 is 0. The minimum atomic E-state index is -0.271. The molecular formula is C14H19Cl3N3O2+. The number of nitrogens with one attached hydrogen (secondary N) is 3.